The first-order chi connectivity index (χ1) is 10.7. The second-order valence-electron chi connectivity index (χ2n) is 6.79. The van der Waals surface area contributed by atoms with E-state index in [1.165, 1.54) is 12.8 Å². The first-order valence-corrected chi connectivity index (χ1v) is 8.28. The number of aromatic nitrogens is 2. The van der Waals surface area contributed by atoms with Crippen molar-refractivity contribution in [1.29, 1.82) is 0 Å². The third kappa shape index (κ3) is 2.62. The molecule has 3 aliphatic rings. The second-order valence-corrected chi connectivity index (χ2v) is 6.79. The number of hydrogen-bond donors (Lipinski definition) is 0. The summed E-state index contributed by atoms with van der Waals surface area (Å²) in [5.74, 6) is 1.10. The Morgan fingerprint density at radius 1 is 1.36 bits per heavy atom. The molecule has 4 rings (SSSR count). The van der Waals surface area contributed by atoms with Gasteiger partial charge in [-0.15, -0.1) is 0 Å². The Hall–Kier alpha value is -1.85. The summed E-state index contributed by atoms with van der Waals surface area (Å²) < 4.78 is 2.01. The van der Waals surface area contributed by atoms with E-state index in [1.807, 2.05) is 20.5 Å². The predicted octanol–water partition coefficient (Wildman–Crippen LogP) is 1.19. The minimum Gasteiger partial charge on any atom is -0.340 e. The average molecular weight is 302 g/mol. The van der Waals surface area contributed by atoms with Crippen LogP contribution in [0.3, 0.4) is 0 Å². The Morgan fingerprint density at radius 3 is 2.95 bits per heavy atom. The van der Waals surface area contributed by atoms with Crippen LogP contribution in [0.1, 0.15) is 43.8 Å². The van der Waals surface area contributed by atoms with Crippen LogP contribution < -0.4 is 0 Å². The highest BCUT2D eigenvalue weighted by molar-refractivity contribution is 5.78. The number of carbonyl (C=O) groups excluding carboxylic acids is 2. The standard InChI is InChI=1S/C16H22N4O2/c21-15-2-1-7-18(15)10-14-11-19(16(22)8-12-3-4-12)9-13-5-6-17-20(13)14/h5-6,12,14H,1-4,7-11H2/t14-/m0/s1. The molecule has 0 unspecified atom stereocenters. The van der Waals surface area contributed by atoms with Crippen LogP contribution in [-0.4, -0.2) is 51.0 Å². The number of hydrogen-bond acceptors (Lipinski definition) is 3. The van der Waals surface area contributed by atoms with E-state index in [9.17, 15) is 9.59 Å². The maximum atomic E-state index is 12.4. The Labute approximate surface area is 130 Å². The van der Waals surface area contributed by atoms with E-state index in [-0.39, 0.29) is 17.9 Å². The third-order valence-corrected chi connectivity index (χ3v) is 5.00. The van der Waals surface area contributed by atoms with E-state index in [0.717, 1.165) is 18.7 Å². The molecular weight excluding hydrogens is 280 g/mol. The van der Waals surface area contributed by atoms with Crippen molar-refractivity contribution in [2.45, 2.75) is 44.7 Å². The van der Waals surface area contributed by atoms with Gasteiger partial charge in [-0.1, -0.05) is 0 Å². The fraction of sp³-hybridized carbons (Fsp3) is 0.688. The van der Waals surface area contributed by atoms with Gasteiger partial charge >= 0.3 is 0 Å². The van der Waals surface area contributed by atoms with Gasteiger partial charge in [0.05, 0.1) is 18.3 Å². The Balaban J connectivity index is 1.49. The molecular formula is C16H22N4O2. The third-order valence-electron chi connectivity index (χ3n) is 5.00. The molecule has 2 fully saturated rings. The molecule has 0 radical (unpaired) electrons. The van der Waals surface area contributed by atoms with Crippen LogP contribution in [0, 0.1) is 5.92 Å². The van der Waals surface area contributed by atoms with E-state index in [4.69, 9.17) is 0 Å². The summed E-state index contributed by atoms with van der Waals surface area (Å²) in [4.78, 5) is 28.2. The van der Waals surface area contributed by atoms with Crippen LogP contribution in [0.5, 0.6) is 0 Å². The molecule has 6 nitrogen and oxygen atoms in total. The summed E-state index contributed by atoms with van der Waals surface area (Å²) in [7, 11) is 0. The zero-order valence-electron chi connectivity index (χ0n) is 12.8. The van der Waals surface area contributed by atoms with Crippen molar-refractivity contribution in [2.75, 3.05) is 19.6 Å². The summed E-state index contributed by atoms with van der Waals surface area (Å²) >= 11 is 0. The van der Waals surface area contributed by atoms with Gasteiger partial charge in [-0.2, -0.15) is 5.10 Å². The van der Waals surface area contributed by atoms with E-state index < -0.39 is 0 Å². The maximum Gasteiger partial charge on any atom is 0.223 e. The van der Waals surface area contributed by atoms with Gasteiger partial charge < -0.3 is 9.80 Å². The molecule has 1 saturated carbocycles. The summed E-state index contributed by atoms with van der Waals surface area (Å²) in [5.41, 5.74) is 1.08. The largest absolute Gasteiger partial charge is 0.340 e. The average Bonchev–Trinajstić information content (AvgIpc) is 3.03. The van der Waals surface area contributed by atoms with Gasteiger partial charge in [0.2, 0.25) is 11.8 Å². The van der Waals surface area contributed by atoms with Crippen LogP contribution in [0.2, 0.25) is 0 Å². The van der Waals surface area contributed by atoms with Gasteiger partial charge in [0.1, 0.15) is 0 Å². The zero-order valence-corrected chi connectivity index (χ0v) is 12.8. The smallest absolute Gasteiger partial charge is 0.223 e. The Morgan fingerprint density at radius 2 is 2.23 bits per heavy atom. The number of amides is 2. The molecule has 0 bridgehead atoms. The van der Waals surface area contributed by atoms with Crippen molar-refractivity contribution >= 4 is 11.8 Å². The van der Waals surface area contributed by atoms with Crippen molar-refractivity contribution in [1.82, 2.24) is 19.6 Å². The van der Waals surface area contributed by atoms with Crippen LogP contribution >= 0.6 is 0 Å². The van der Waals surface area contributed by atoms with Gasteiger partial charge in [-0.3, -0.25) is 14.3 Å². The minimum atomic E-state index is 0.0870. The Kier molecular flexibility index (Phi) is 3.39. The molecule has 1 saturated heterocycles. The first kappa shape index (κ1) is 13.8. The highest BCUT2D eigenvalue weighted by atomic mass is 16.2. The van der Waals surface area contributed by atoms with Crippen molar-refractivity contribution in [2.24, 2.45) is 5.92 Å². The number of rotatable bonds is 4. The lowest BCUT2D eigenvalue weighted by atomic mass is 10.1. The maximum absolute atomic E-state index is 12.4. The number of likely N-dealkylation sites (tertiary alicyclic amines) is 1. The fourth-order valence-corrected chi connectivity index (χ4v) is 3.56. The van der Waals surface area contributed by atoms with Gasteiger partial charge in [0.25, 0.3) is 0 Å². The topological polar surface area (TPSA) is 58.4 Å². The second kappa shape index (κ2) is 5.41. The molecule has 1 atom stereocenters. The fourth-order valence-electron chi connectivity index (χ4n) is 3.56. The summed E-state index contributed by atoms with van der Waals surface area (Å²) in [6.45, 7) is 2.82. The van der Waals surface area contributed by atoms with Gasteiger partial charge in [-0.05, 0) is 31.2 Å². The van der Waals surface area contributed by atoms with Gasteiger partial charge in [-0.25, -0.2) is 0 Å². The van der Waals surface area contributed by atoms with Crippen molar-refractivity contribution in [3.63, 3.8) is 0 Å². The molecule has 118 valence electrons. The van der Waals surface area contributed by atoms with E-state index >= 15 is 0 Å². The van der Waals surface area contributed by atoms with E-state index in [1.54, 1.807) is 6.20 Å². The predicted molar refractivity (Wildman–Crippen MR) is 79.8 cm³/mol. The van der Waals surface area contributed by atoms with E-state index in [0.29, 0.717) is 38.4 Å². The minimum absolute atomic E-state index is 0.0870. The van der Waals surface area contributed by atoms with Crippen molar-refractivity contribution in [3.8, 4) is 0 Å². The quantitative estimate of drug-likeness (QED) is 0.839. The molecule has 6 heteroatoms. The molecule has 0 spiro atoms. The van der Waals surface area contributed by atoms with Crippen LogP contribution in [0.25, 0.3) is 0 Å². The molecule has 1 aromatic rings. The molecule has 0 N–H and O–H groups in total. The van der Waals surface area contributed by atoms with Crippen molar-refractivity contribution < 1.29 is 9.59 Å². The van der Waals surface area contributed by atoms with Gasteiger partial charge in [0.15, 0.2) is 0 Å². The number of fused-ring (bicyclic) bond motifs is 1. The molecule has 1 aromatic heterocycles. The zero-order chi connectivity index (χ0) is 15.1. The summed E-state index contributed by atoms with van der Waals surface area (Å²) in [6.07, 6.45) is 6.48. The first-order valence-electron chi connectivity index (χ1n) is 8.28. The normalized spacial score (nSPS) is 24.7. The van der Waals surface area contributed by atoms with Crippen LogP contribution in [-0.2, 0) is 16.1 Å². The number of carbonyl (C=O) groups is 2. The highest BCUT2D eigenvalue weighted by Gasteiger charge is 2.34. The lowest BCUT2D eigenvalue weighted by Crippen LogP contribution is -2.45. The molecule has 2 amide bonds. The highest BCUT2D eigenvalue weighted by Crippen LogP contribution is 2.34. The SMILES string of the molecule is O=C1CCCN1C[C@H]1CN(C(=O)CC2CC2)Cc2ccnn21. The summed E-state index contributed by atoms with van der Waals surface area (Å²) in [6, 6.07) is 2.07. The van der Waals surface area contributed by atoms with Crippen LogP contribution in [0.4, 0.5) is 0 Å². The monoisotopic (exact) mass is 302 g/mol. The molecule has 3 heterocycles. The van der Waals surface area contributed by atoms with Crippen molar-refractivity contribution in [3.05, 3.63) is 18.0 Å². The van der Waals surface area contributed by atoms with E-state index in [2.05, 4.69) is 5.10 Å². The Bertz CT molecular complexity index is 593. The molecule has 0 aromatic carbocycles. The lowest BCUT2D eigenvalue weighted by molar-refractivity contribution is -0.134. The molecule has 2 aliphatic heterocycles. The van der Waals surface area contributed by atoms with Crippen LogP contribution in [0.15, 0.2) is 12.3 Å². The lowest BCUT2D eigenvalue weighted by Gasteiger charge is -2.35. The number of nitrogens with zero attached hydrogens (tertiary/aromatic N) is 4. The summed E-state index contributed by atoms with van der Waals surface area (Å²) in [5, 5.41) is 4.41. The molecule has 1 aliphatic carbocycles. The molecule has 22 heavy (non-hydrogen) atoms. The van der Waals surface area contributed by atoms with Gasteiger partial charge in [0, 0.05) is 38.7 Å².